The predicted octanol–water partition coefficient (Wildman–Crippen LogP) is 3.32. The van der Waals surface area contributed by atoms with Crippen LogP contribution in [0.15, 0.2) is 98.3 Å². The smallest absolute Gasteiger partial charge is 0.233 e. The van der Waals surface area contributed by atoms with Gasteiger partial charge in [-0.1, -0.05) is 30.8 Å². The highest BCUT2D eigenvalue weighted by Gasteiger charge is 2.31. The van der Waals surface area contributed by atoms with Crippen LogP contribution in [0.4, 0.5) is 4.39 Å². The number of rotatable bonds is 8. The Kier molecular flexibility index (Phi) is 6.99. The first-order chi connectivity index (χ1) is 15.8. The number of hydrogen-bond donors (Lipinski definition) is 2. The van der Waals surface area contributed by atoms with Crippen molar-refractivity contribution in [2.24, 2.45) is 0 Å². The fourth-order valence-electron chi connectivity index (χ4n) is 3.14. The van der Waals surface area contributed by atoms with Crippen molar-refractivity contribution in [2.75, 3.05) is 0 Å². The number of halogens is 1. The molecule has 0 spiro atoms. The van der Waals surface area contributed by atoms with Gasteiger partial charge in [-0.3, -0.25) is 0 Å². The Hall–Kier alpha value is -3.06. The fraction of sp³-hybridized carbons (Fsp3) is 0.0909. The Morgan fingerprint density at radius 2 is 1.47 bits per heavy atom. The summed E-state index contributed by atoms with van der Waals surface area (Å²) in [6.07, 6.45) is 0. The van der Waals surface area contributed by atoms with Crippen LogP contribution in [0.5, 0.6) is 5.75 Å². The van der Waals surface area contributed by atoms with Crippen molar-refractivity contribution in [3.05, 3.63) is 90.1 Å². The van der Waals surface area contributed by atoms with Gasteiger partial charge in [0.2, 0.25) is 29.7 Å². The van der Waals surface area contributed by atoms with E-state index in [0.29, 0.717) is 5.56 Å². The van der Waals surface area contributed by atoms with E-state index in [-0.39, 0.29) is 4.90 Å². The summed E-state index contributed by atoms with van der Waals surface area (Å²) in [5.74, 6) is -1.60. The molecule has 3 aromatic rings. The molecule has 0 bridgehead atoms. The molecule has 0 saturated heterocycles. The zero-order valence-electron chi connectivity index (χ0n) is 17.7. The zero-order valence-corrected chi connectivity index (χ0v) is 20.2. The maximum Gasteiger partial charge on any atom is 0.233 e. The molecule has 8 nitrogen and oxygen atoms in total. The van der Waals surface area contributed by atoms with Gasteiger partial charge in [0.15, 0.2) is 0 Å². The third-order valence-electron chi connectivity index (χ3n) is 4.88. The highest BCUT2D eigenvalue weighted by atomic mass is 32.2. The van der Waals surface area contributed by atoms with Gasteiger partial charge in [0.1, 0.15) is 16.5 Å². The molecule has 3 aromatic carbocycles. The highest BCUT2D eigenvalue weighted by molar-refractivity contribution is 7.94. The molecule has 180 valence electrons. The van der Waals surface area contributed by atoms with Crippen molar-refractivity contribution >= 4 is 29.7 Å². The van der Waals surface area contributed by atoms with Crippen molar-refractivity contribution in [1.29, 1.82) is 0 Å². The molecule has 1 atom stereocenters. The van der Waals surface area contributed by atoms with Gasteiger partial charge in [0, 0.05) is 17.5 Å². The van der Waals surface area contributed by atoms with E-state index in [1.807, 2.05) is 0 Å². The van der Waals surface area contributed by atoms with Crippen LogP contribution in [0.1, 0.15) is 18.5 Å². The van der Waals surface area contributed by atoms with E-state index in [4.69, 9.17) is 0 Å². The van der Waals surface area contributed by atoms with Crippen LogP contribution in [0.2, 0.25) is 0 Å². The third-order valence-corrected chi connectivity index (χ3v) is 9.79. The molecule has 0 heterocycles. The molecule has 0 aromatic heterocycles. The van der Waals surface area contributed by atoms with Gasteiger partial charge in [-0.25, -0.2) is 34.4 Å². The molecule has 0 fully saturated rings. The van der Waals surface area contributed by atoms with E-state index >= 15 is 0 Å². The molecule has 34 heavy (non-hydrogen) atoms. The highest BCUT2D eigenvalue weighted by Crippen LogP contribution is 2.34. The molecule has 0 radical (unpaired) electrons. The van der Waals surface area contributed by atoms with Gasteiger partial charge in [-0.15, -0.1) is 0 Å². The van der Waals surface area contributed by atoms with Gasteiger partial charge < -0.3 is 5.11 Å². The Morgan fingerprint density at radius 3 is 2.06 bits per heavy atom. The first-order valence-corrected chi connectivity index (χ1v) is 14.1. The lowest BCUT2D eigenvalue weighted by Gasteiger charge is -2.15. The number of phenolic OH excluding ortho intramolecular Hbond substituents is 1. The molecule has 0 aliphatic rings. The monoisotopic (exact) mass is 525 g/mol. The first-order valence-electron chi connectivity index (χ1n) is 9.62. The van der Waals surface area contributed by atoms with E-state index in [2.05, 4.69) is 11.3 Å². The maximum absolute atomic E-state index is 14.2. The zero-order chi connectivity index (χ0) is 25.3. The first kappa shape index (κ1) is 25.6. The lowest BCUT2D eigenvalue weighted by atomic mass is 10.1. The number of sulfonamides is 1. The van der Waals surface area contributed by atoms with Gasteiger partial charge in [0.05, 0.1) is 14.7 Å². The molecule has 3 rings (SSSR count). The van der Waals surface area contributed by atoms with E-state index in [9.17, 15) is 34.8 Å². The largest absolute Gasteiger partial charge is 0.508 e. The van der Waals surface area contributed by atoms with Crippen molar-refractivity contribution in [3.63, 3.8) is 0 Å². The summed E-state index contributed by atoms with van der Waals surface area (Å²) in [5.41, 5.74) is 0.439. The summed E-state index contributed by atoms with van der Waals surface area (Å²) < 4.78 is 92.8. The molecular weight excluding hydrogens is 505 g/mol. The van der Waals surface area contributed by atoms with Crippen LogP contribution >= 0.6 is 0 Å². The van der Waals surface area contributed by atoms with Crippen molar-refractivity contribution in [3.8, 4) is 5.75 Å². The van der Waals surface area contributed by atoms with E-state index < -0.39 is 62.0 Å². The minimum absolute atomic E-state index is 0.286. The molecule has 12 heteroatoms. The molecule has 0 amide bonds. The predicted molar refractivity (Wildman–Crippen MR) is 123 cm³/mol. The molecule has 0 aliphatic heterocycles. The van der Waals surface area contributed by atoms with Gasteiger partial charge in [-0.05, 0) is 48.9 Å². The average Bonchev–Trinajstić information content (AvgIpc) is 2.79. The standard InChI is InChI=1S/C22H20FNO7S3/c1-3-32(26,27)24-15(2)16-8-11-18(12-9-16)33(28,29)21-13-10-17(25)14-22(21)34(30,31)20-7-5-4-6-19(20)23/h3-15,24-25H,1H2,2H3/t15-/m0/s1. The number of phenols is 1. The summed E-state index contributed by atoms with van der Waals surface area (Å²) in [7, 11) is -12.8. The molecule has 0 aliphatic carbocycles. The summed E-state index contributed by atoms with van der Waals surface area (Å²) >= 11 is 0. The lowest BCUT2D eigenvalue weighted by molar-refractivity contribution is 0.471. The summed E-state index contributed by atoms with van der Waals surface area (Å²) in [6, 6.07) is 11.6. The Balaban J connectivity index is 2.09. The van der Waals surface area contributed by atoms with E-state index in [1.54, 1.807) is 6.92 Å². The summed E-state index contributed by atoms with van der Waals surface area (Å²) in [4.78, 5) is -2.46. The third kappa shape index (κ3) is 5.04. The molecule has 2 N–H and O–H groups in total. The summed E-state index contributed by atoms with van der Waals surface area (Å²) in [5, 5.41) is 10.6. The number of nitrogens with one attached hydrogen (secondary N) is 1. The van der Waals surface area contributed by atoms with Crippen molar-refractivity contribution in [2.45, 2.75) is 32.5 Å². The number of aromatic hydroxyl groups is 1. The van der Waals surface area contributed by atoms with Crippen LogP contribution < -0.4 is 4.72 Å². The number of benzene rings is 3. The Morgan fingerprint density at radius 1 is 0.853 bits per heavy atom. The van der Waals surface area contributed by atoms with Crippen LogP contribution in [0, 0.1) is 5.82 Å². The SMILES string of the molecule is C=CS(=O)(=O)N[C@@H](C)c1ccc(S(=O)(=O)c2ccc(O)cc2S(=O)(=O)c2ccccc2F)cc1. The Bertz CT molecular complexity index is 1560. The molecule has 0 unspecified atom stereocenters. The van der Waals surface area contributed by atoms with Gasteiger partial charge in [-0.2, -0.15) is 0 Å². The van der Waals surface area contributed by atoms with Crippen LogP contribution in [0.3, 0.4) is 0 Å². The topological polar surface area (TPSA) is 135 Å². The minimum Gasteiger partial charge on any atom is -0.508 e. The van der Waals surface area contributed by atoms with E-state index in [0.717, 1.165) is 35.7 Å². The normalized spacial score (nSPS) is 13.4. The Labute approximate surface area is 197 Å². The summed E-state index contributed by atoms with van der Waals surface area (Å²) in [6.45, 7) is 4.75. The van der Waals surface area contributed by atoms with Gasteiger partial charge >= 0.3 is 0 Å². The van der Waals surface area contributed by atoms with E-state index in [1.165, 1.54) is 36.4 Å². The number of hydrogen-bond acceptors (Lipinski definition) is 7. The van der Waals surface area contributed by atoms with Crippen LogP contribution in [-0.2, 0) is 29.7 Å². The quantitative estimate of drug-likeness (QED) is 0.461. The second kappa shape index (κ2) is 9.29. The second-order valence-electron chi connectivity index (χ2n) is 7.19. The average molecular weight is 526 g/mol. The minimum atomic E-state index is -4.66. The van der Waals surface area contributed by atoms with Crippen LogP contribution in [0.25, 0.3) is 0 Å². The lowest BCUT2D eigenvalue weighted by Crippen LogP contribution is -2.24. The van der Waals surface area contributed by atoms with Crippen molar-refractivity contribution < 1.29 is 34.8 Å². The maximum atomic E-state index is 14.2. The fourth-order valence-corrected chi connectivity index (χ4v) is 7.27. The molecular formula is C22H20FNO7S3. The van der Waals surface area contributed by atoms with Crippen LogP contribution in [-0.4, -0.2) is 30.4 Å². The van der Waals surface area contributed by atoms with Gasteiger partial charge in [0.25, 0.3) is 0 Å². The number of sulfone groups is 2. The second-order valence-corrected chi connectivity index (χ2v) is 12.7. The molecule has 0 saturated carbocycles. The van der Waals surface area contributed by atoms with Crippen molar-refractivity contribution in [1.82, 2.24) is 4.72 Å².